The molecule has 9 nitrogen and oxygen atoms in total. The van der Waals surface area contributed by atoms with Crippen molar-refractivity contribution in [3.63, 3.8) is 0 Å². The molecule has 0 atom stereocenters. The summed E-state index contributed by atoms with van der Waals surface area (Å²) in [6, 6.07) is 14.8. The largest absolute Gasteiger partial charge is 0.480 e. The minimum Gasteiger partial charge on any atom is -0.480 e. The van der Waals surface area contributed by atoms with Crippen molar-refractivity contribution in [3.8, 4) is 34.3 Å². The monoisotopic (exact) mass is 645 g/mol. The van der Waals surface area contributed by atoms with Crippen LogP contribution in [0.4, 0.5) is 0 Å². The number of nitriles is 1. The highest BCUT2D eigenvalue weighted by Crippen LogP contribution is 2.40. The van der Waals surface area contributed by atoms with Crippen LogP contribution in [0, 0.1) is 11.3 Å². The van der Waals surface area contributed by atoms with Crippen LogP contribution in [0.3, 0.4) is 0 Å². The number of benzene rings is 2. The Balaban J connectivity index is 1.43. The molecule has 0 radical (unpaired) electrons. The third kappa shape index (κ3) is 7.17. The van der Waals surface area contributed by atoms with E-state index >= 15 is 0 Å². The molecule has 4 aromatic rings. The molecule has 0 fully saturated rings. The van der Waals surface area contributed by atoms with E-state index in [-0.39, 0.29) is 31.1 Å². The minimum atomic E-state index is -0.256. The Hall–Kier alpha value is -3.91. The Labute approximate surface area is 272 Å². The van der Waals surface area contributed by atoms with Crippen molar-refractivity contribution in [2.45, 2.75) is 38.6 Å². The molecular weight excluding hydrogens is 613 g/mol. The van der Waals surface area contributed by atoms with Crippen LogP contribution in [0.25, 0.3) is 22.4 Å². The van der Waals surface area contributed by atoms with Gasteiger partial charge in [-0.05, 0) is 42.9 Å². The van der Waals surface area contributed by atoms with E-state index < -0.39 is 0 Å². The van der Waals surface area contributed by atoms with Gasteiger partial charge < -0.3 is 14.9 Å². The summed E-state index contributed by atoms with van der Waals surface area (Å²) in [5.41, 5.74) is 6.05. The zero-order chi connectivity index (χ0) is 31.9. The van der Waals surface area contributed by atoms with Gasteiger partial charge in [0.05, 0.1) is 53.0 Å². The maximum atomic E-state index is 13.5. The summed E-state index contributed by atoms with van der Waals surface area (Å²) in [6.07, 6.45) is 4.35. The van der Waals surface area contributed by atoms with Gasteiger partial charge in [0, 0.05) is 49.4 Å². The number of hydrogen-bond donors (Lipinski definition) is 2. The van der Waals surface area contributed by atoms with E-state index in [1.165, 1.54) is 0 Å². The molecule has 5 rings (SSSR count). The highest BCUT2D eigenvalue weighted by molar-refractivity contribution is 6.38. The summed E-state index contributed by atoms with van der Waals surface area (Å²) in [5, 5.41) is 29.0. The third-order valence-electron chi connectivity index (χ3n) is 7.90. The molecule has 11 heteroatoms. The maximum Gasteiger partial charge on any atom is 0.235 e. The number of rotatable bonds is 12. The van der Waals surface area contributed by atoms with E-state index in [2.05, 4.69) is 25.9 Å². The number of aryl methyl sites for hydroxylation is 1. The van der Waals surface area contributed by atoms with Gasteiger partial charge in [0.25, 0.3) is 0 Å². The third-order valence-corrected chi connectivity index (χ3v) is 8.76. The molecule has 1 aliphatic heterocycles. The summed E-state index contributed by atoms with van der Waals surface area (Å²) < 4.78 is 5.49. The number of Topliss-reactive ketones (excluding diaryl/α,β-unsaturated/α-hetero) is 1. The number of ketones is 1. The molecule has 0 saturated carbocycles. The van der Waals surface area contributed by atoms with Gasteiger partial charge in [-0.25, -0.2) is 9.97 Å². The van der Waals surface area contributed by atoms with Gasteiger partial charge in [-0.1, -0.05) is 59.6 Å². The minimum absolute atomic E-state index is 0.0125. The smallest absolute Gasteiger partial charge is 0.235 e. The predicted octanol–water partition coefficient (Wildman–Crippen LogP) is 5.48. The van der Waals surface area contributed by atoms with Crippen molar-refractivity contribution in [1.82, 2.24) is 19.9 Å². The molecule has 1 aliphatic rings. The van der Waals surface area contributed by atoms with Crippen molar-refractivity contribution in [2.75, 3.05) is 33.4 Å². The van der Waals surface area contributed by atoms with Crippen LogP contribution in [0.15, 0.2) is 48.7 Å². The van der Waals surface area contributed by atoms with E-state index in [1.54, 1.807) is 25.4 Å². The lowest BCUT2D eigenvalue weighted by Crippen LogP contribution is -2.34. The molecule has 0 saturated heterocycles. The van der Waals surface area contributed by atoms with Gasteiger partial charge in [-0.15, -0.1) is 0 Å². The van der Waals surface area contributed by atoms with Gasteiger partial charge in [-0.2, -0.15) is 5.26 Å². The lowest BCUT2D eigenvalue weighted by atomic mass is 9.95. The van der Waals surface area contributed by atoms with Crippen molar-refractivity contribution in [2.24, 2.45) is 0 Å². The fraction of sp³-hybridized carbons (Fsp3) is 0.324. The van der Waals surface area contributed by atoms with Crippen LogP contribution in [-0.2, 0) is 25.8 Å². The Bertz CT molecular complexity index is 1760. The summed E-state index contributed by atoms with van der Waals surface area (Å²) in [5.74, 6) is 0.149. The van der Waals surface area contributed by atoms with Crippen LogP contribution in [0.1, 0.15) is 51.4 Å². The number of fused-ring (bicyclic) bond motifs is 1. The number of aliphatic hydroxyl groups is 2. The SMILES string of the molecule is COc1nc(-c2cccc(-c3cccc(CC(=O)c4cc(C#N)c5c(n4)CN(CCO)CC5)c3Cl)c2Cl)cnc1CCCCO. The van der Waals surface area contributed by atoms with Crippen LogP contribution >= 0.6 is 23.2 Å². The van der Waals surface area contributed by atoms with Crippen LogP contribution < -0.4 is 4.74 Å². The first-order valence-corrected chi connectivity index (χ1v) is 15.5. The number of nitrogens with zero attached hydrogens (tertiary/aromatic N) is 5. The second kappa shape index (κ2) is 14.9. The normalized spacial score (nSPS) is 12.9. The molecule has 2 N–H and O–H groups in total. The van der Waals surface area contributed by atoms with Gasteiger partial charge in [-0.3, -0.25) is 14.7 Å². The number of halogens is 2. The zero-order valence-electron chi connectivity index (χ0n) is 24.9. The van der Waals surface area contributed by atoms with Gasteiger partial charge in [0.1, 0.15) is 11.4 Å². The Morgan fingerprint density at radius 2 is 1.80 bits per heavy atom. The molecule has 0 unspecified atom stereocenters. The zero-order valence-corrected chi connectivity index (χ0v) is 26.4. The van der Waals surface area contributed by atoms with E-state index in [0.717, 1.165) is 18.5 Å². The number of hydrogen-bond acceptors (Lipinski definition) is 9. The molecular formula is C34H33Cl2N5O4. The molecule has 0 aliphatic carbocycles. The number of methoxy groups -OCH3 is 1. The van der Waals surface area contributed by atoms with Gasteiger partial charge in [0.2, 0.25) is 5.88 Å². The number of ether oxygens (including phenoxy) is 1. The number of unbranched alkanes of at least 4 members (excludes halogenated alkanes) is 1. The molecule has 3 heterocycles. The Morgan fingerprint density at radius 3 is 2.53 bits per heavy atom. The van der Waals surface area contributed by atoms with E-state index in [4.69, 9.17) is 33.0 Å². The van der Waals surface area contributed by atoms with E-state index in [1.807, 2.05) is 30.3 Å². The lowest BCUT2D eigenvalue weighted by Gasteiger charge is -2.28. The number of aromatic nitrogens is 3. The second-order valence-corrected chi connectivity index (χ2v) is 11.5. The lowest BCUT2D eigenvalue weighted by molar-refractivity contribution is 0.0987. The summed E-state index contributed by atoms with van der Waals surface area (Å²) in [4.78, 5) is 29.4. The highest BCUT2D eigenvalue weighted by atomic mass is 35.5. The summed E-state index contributed by atoms with van der Waals surface area (Å²) in [7, 11) is 1.54. The number of carbonyl (C=O) groups excluding carboxylic acids is 1. The molecule has 45 heavy (non-hydrogen) atoms. The number of carbonyl (C=O) groups is 1. The van der Waals surface area contributed by atoms with E-state index in [0.29, 0.717) is 93.2 Å². The first-order chi connectivity index (χ1) is 21.9. The van der Waals surface area contributed by atoms with Crippen molar-refractivity contribution >= 4 is 29.0 Å². The topological polar surface area (TPSA) is 132 Å². The molecule has 2 aromatic heterocycles. The summed E-state index contributed by atoms with van der Waals surface area (Å²) >= 11 is 13.9. The number of pyridine rings is 1. The second-order valence-electron chi connectivity index (χ2n) is 10.8. The van der Waals surface area contributed by atoms with Gasteiger partial charge in [0.15, 0.2) is 5.78 Å². The fourth-order valence-corrected chi connectivity index (χ4v) is 6.18. The Morgan fingerprint density at radius 1 is 1.04 bits per heavy atom. The molecule has 0 spiro atoms. The van der Waals surface area contributed by atoms with Gasteiger partial charge >= 0.3 is 0 Å². The maximum absolute atomic E-state index is 13.5. The first kappa shape index (κ1) is 32.5. The average Bonchev–Trinajstić information content (AvgIpc) is 3.05. The Kier molecular flexibility index (Phi) is 10.8. The fourth-order valence-electron chi connectivity index (χ4n) is 5.56. The summed E-state index contributed by atoms with van der Waals surface area (Å²) in [6.45, 7) is 1.84. The number of aliphatic hydroxyl groups excluding tert-OH is 2. The van der Waals surface area contributed by atoms with E-state index in [9.17, 15) is 15.2 Å². The van der Waals surface area contributed by atoms with Crippen LogP contribution in [0.5, 0.6) is 5.88 Å². The first-order valence-electron chi connectivity index (χ1n) is 14.7. The molecule has 232 valence electrons. The van der Waals surface area contributed by atoms with Crippen molar-refractivity contribution < 1.29 is 19.7 Å². The van der Waals surface area contributed by atoms with Crippen molar-refractivity contribution in [3.05, 3.63) is 92.5 Å². The molecule has 0 amide bonds. The average molecular weight is 647 g/mol. The predicted molar refractivity (Wildman–Crippen MR) is 173 cm³/mol. The standard InChI is InChI=1S/C34H33Cl2N5O4/c1-45-34-27(10-2-3-14-42)38-19-29(40-34)26-9-5-8-25(33(26)36)24-7-4-6-21(32(24)35)17-31(44)28-16-22(18-37)23-11-12-41(13-15-43)20-30(23)39-28/h4-9,16,19,42-43H,2-3,10-15,17,20H2,1H3. The molecule has 0 bridgehead atoms. The van der Waals surface area contributed by atoms with Crippen LogP contribution in [0.2, 0.25) is 10.0 Å². The number of β-amino-alcohol motifs (C(OH)–C–C–N with tert-alkyl or cyclic N) is 1. The quantitative estimate of drug-likeness (QED) is 0.152. The van der Waals surface area contributed by atoms with Crippen molar-refractivity contribution in [1.29, 1.82) is 5.26 Å². The highest BCUT2D eigenvalue weighted by Gasteiger charge is 2.24. The van der Waals surface area contributed by atoms with Crippen LogP contribution in [-0.4, -0.2) is 69.3 Å². The molecule has 2 aromatic carbocycles.